The molecule has 134 valence electrons. The van der Waals surface area contributed by atoms with E-state index in [9.17, 15) is 23.1 Å². The molecule has 1 atom stereocenters. The Labute approximate surface area is 137 Å². The van der Waals surface area contributed by atoms with Gasteiger partial charge >= 0.3 is 5.97 Å². The molecule has 0 radical (unpaired) electrons. The molecule has 0 aliphatic carbocycles. The minimum Gasteiger partial charge on any atom is -0.481 e. The van der Waals surface area contributed by atoms with Crippen LogP contribution in [-0.2, 0) is 24.3 Å². The highest BCUT2D eigenvalue weighted by Crippen LogP contribution is 2.38. The average Bonchev–Trinajstić information content (AvgIpc) is 2.92. The molecule has 1 aliphatic rings. The van der Waals surface area contributed by atoms with Crippen molar-refractivity contribution >= 4 is 21.9 Å². The quantitative estimate of drug-likeness (QED) is 0.562. The van der Waals surface area contributed by atoms with Crippen LogP contribution in [0.1, 0.15) is 26.7 Å². The molecule has 0 bridgehead atoms. The van der Waals surface area contributed by atoms with Gasteiger partial charge in [-0.05, 0) is 18.8 Å². The number of likely N-dealkylation sites (tertiary alicyclic amines) is 1. The molecule has 1 heterocycles. The number of aliphatic carboxylic acids is 1. The van der Waals surface area contributed by atoms with E-state index in [0.717, 1.165) is 0 Å². The molecule has 0 aromatic carbocycles. The lowest BCUT2D eigenvalue weighted by molar-refractivity contribution is -0.151. The third kappa shape index (κ3) is 5.15. The van der Waals surface area contributed by atoms with Crippen molar-refractivity contribution in [2.45, 2.75) is 26.7 Å². The van der Waals surface area contributed by atoms with Crippen molar-refractivity contribution in [2.24, 2.45) is 11.3 Å². The second kappa shape index (κ2) is 8.07. The van der Waals surface area contributed by atoms with Crippen LogP contribution in [0.2, 0.25) is 0 Å². The van der Waals surface area contributed by atoms with E-state index < -0.39 is 27.3 Å². The summed E-state index contributed by atoms with van der Waals surface area (Å²) in [5, 5.41) is 9.45. The number of carbonyl (C=O) groups excluding carboxylic acids is 1. The van der Waals surface area contributed by atoms with Crippen molar-refractivity contribution in [3.63, 3.8) is 0 Å². The fourth-order valence-corrected chi connectivity index (χ4v) is 3.67. The van der Waals surface area contributed by atoms with E-state index in [1.165, 1.54) is 12.0 Å². The summed E-state index contributed by atoms with van der Waals surface area (Å²) in [4.78, 5) is 25.1. The van der Waals surface area contributed by atoms with Gasteiger partial charge in [0, 0.05) is 26.8 Å². The van der Waals surface area contributed by atoms with Crippen molar-refractivity contribution in [1.82, 2.24) is 9.62 Å². The van der Waals surface area contributed by atoms with Gasteiger partial charge in [0.2, 0.25) is 15.9 Å². The summed E-state index contributed by atoms with van der Waals surface area (Å²) < 4.78 is 30.5. The Hall–Kier alpha value is -1.19. The number of sulfonamides is 1. The van der Waals surface area contributed by atoms with Crippen LogP contribution in [0.3, 0.4) is 0 Å². The summed E-state index contributed by atoms with van der Waals surface area (Å²) in [6.45, 7) is 4.07. The molecule has 1 aliphatic heterocycles. The van der Waals surface area contributed by atoms with Gasteiger partial charge in [0.05, 0.1) is 17.7 Å². The van der Waals surface area contributed by atoms with E-state index in [1.54, 1.807) is 0 Å². The zero-order valence-corrected chi connectivity index (χ0v) is 14.7. The molecular formula is C14H26N2O6S. The first-order valence-corrected chi connectivity index (χ1v) is 9.27. The smallest absolute Gasteiger partial charge is 0.311 e. The van der Waals surface area contributed by atoms with E-state index in [-0.39, 0.29) is 24.8 Å². The van der Waals surface area contributed by atoms with Crippen LogP contribution < -0.4 is 4.72 Å². The van der Waals surface area contributed by atoms with Crippen LogP contribution in [0.5, 0.6) is 0 Å². The molecule has 0 saturated carbocycles. The van der Waals surface area contributed by atoms with Gasteiger partial charge in [-0.15, -0.1) is 0 Å². The number of carboxylic acids is 1. The van der Waals surface area contributed by atoms with Gasteiger partial charge in [0.25, 0.3) is 0 Å². The number of hydrogen-bond donors (Lipinski definition) is 2. The molecule has 23 heavy (non-hydrogen) atoms. The highest BCUT2D eigenvalue weighted by molar-refractivity contribution is 7.89. The SMILES string of the molecule is COCCCS(=O)(=O)NCC(=O)N1CCC(C(=O)O)(C(C)C)C1. The lowest BCUT2D eigenvalue weighted by atomic mass is 9.76. The summed E-state index contributed by atoms with van der Waals surface area (Å²) >= 11 is 0. The number of hydrogen-bond acceptors (Lipinski definition) is 5. The lowest BCUT2D eigenvalue weighted by Crippen LogP contribution is -2.43. The van der Waals surface area contributed by atoms with Gasteiger partial charge in [-0.3, -0.25) is 9.59 Å². The summed E-state index contributed by atoms with van der Waals surface area (Å²) in [7, 11) is -2.05. The maximum Gasteiger partial charge on any atom is 0.311 e. The number of ether oxygens (including phenoxy) is 1. The van der Waals surface area contributed by atoms with Gasteiger partial charge < -0.3 is 14.7 Å². The van der Waals surface area contributed by atoms with Gasteiger partial charge in [0.1, 0.15) is 0 Å². The van der Waals surface area contributed by atoms with Crippen molar-refractivity contribution in [2.75, 3.05) is 39.1 Å². The minimum absolute atomic E-state index is 0.108. The minimum atomic E-state index is -3.53. The summed E-state index contributed by atoms with van der Waals surface area (Å²) in [5.74, 6) is -1.53. The van der Waals surface area contributed by atoms with E-state index in [4.69, 9.17) is 4.74 Å². The molecule has 1 rings (SSSR count). The Kier molecular flexibility index (Phi) is 6.97. The van der Waals surface area contributed by atoms with Crippen LogP contribution >= 0.6 is 0 Å². The maximum absolute atomic E-state index is 12.1. The zero-order valence-electron chi connectivity index (χ0n) is 13.9. The van der Waals surface area contributed by atoms with Crippen LogP contribution in [0.4, 0.5) is 0 Å². The molecule has 1 fully saturated rings. The molecular weight excluding hydrogens is 324 g/mol. The molecule has 0 spiro atoms. The Balaban J connectivity index is 2.55. The Bertz CT molecular complexity index is 533. The largest absolute Gasteiger partial charge is 0.481 e. The van der Waals surface area contributed by atoms with E-state index in [0.29, 0.717) is 26.0 Å². The van der Waals surface area contributed by atoms with Gasteiger partial charge in [-0.25, -0.2) is 13.1 Å². The maximum atomic E-state index is 12.1. The predicted molar refractivity (Wildman–Crippen MR) is 84.4 cm³/mol. The van der Waals surface area contributed by atoms with Crippen molar-refractivity contribution in [3.8, 4) is 0 Å². The first-order valence-electron chi connectivity index (χ1n) is 7.62. The predicted octanol–water partition coefficient (Wildman–Crippen LogP) is -0.0984. The highest BCUT2D eigenvalue weighted by atomic mass is 32.2. The monoisotopic (exact) mass is 350 g/mol. The van der Waals surface area contributed by atoms with E-state index in [2.05, 4.69) is 4.72 Å². The Morgan fingerprint density at radius 1 is 1.39 bits per heavy atom. The van der Waals surface area contributed by atoms with E-state index >= 15 is 0 Å². The Morgan fingerprint density at radius 2 is 2.04 bits per heavy atom. The number of rotatable bonds is 9. The normalized spacial score (nSPS) is 21.8. The lowest BCUT2D eigenvalue weighted by Gasteiger charge is -2.28. The van der Waals surface area contributed by atoms with Crippen LogP contribution in [0.15, 0.2) is 0 Å². The molecule has 1 saturated heterocycles. The number of methoxy groups -OCH3 is 1. The molecule has 0 aromatic heterocycles. The van der Waals surface area contributed by atoms with Crippen LogP contribution in [-0.4, -0.2) is 69.4 Å². The fraction of sp³-hybridized carbons (Fsp3) is 0.857. The second-order valence-corrected chi connectivity index (χ2v) is 8.09. The summed E-state index contributed by atoms with van der Waals surface area (Å²) in [6.07, 6.45) is 0.728. The molecule has 1 unspecified atom stereocenters. The average molecular weight is 350 g/mol. The van der Waals surface area contributed by atoms with Gasteiger partial charge in [-0.1, -0.05) is 13.8 Å². The second-order valence-electron chi connectivity index (χ2n) is 6.17. The molecule has 9 heteroatoms. The number of nitrogens with zero attached hydrogens (tertiary/aromatic N) is 1. The number of amides is 1. The van der Waals surface area contributed by atoms with E-state index in [1.807, 2.05) is 13.8 Å². The first kappa shape index (κ1) is 19.9. The third-order valence-corrected chi connectivity index (χ3v) is 5.80. The van der Waals surface area contributed by atoms with Gasteiger partial charge in [0.15, 0.2) is 0 Å². The van der Waals surface area contributed by atoms with Crippen LogP contribution in [0.25, 0.3) is 0 Å². The standard InChI is InChI=1S/C14H26N2O6S/c1-11(2)14(13(18)19)5-6-16(10-14)12(17)9-15-23(20,21)8-4-7-22-3/h11,15H,4-10H2,1-3H3,(H,18,19). The van der Waals surface area contributed by atoms with Crippen LogP contribution in [0, 0.1) is 11.3 Å². The van der Waals surface area contributed by atoms with Crippen molar-refractivity contribution in [3.05, 3.63) is 0 Å². The number of carboxylic acid groups (broad SMARTS) is 1. The zero-order chi connectivity index (χ0) is 17.7. The highest BCUT2D eigenvalue weighted by Gasteiger charge is 2.48. The topological polar surface area (TPSA) is 113 Å². The van der Waals surface area contributed by atoms with Gasteiger partial charge in [-0.2, -0.15) is 0 Å². The number of carbonyl (C=O) groups is 2. The number of nitrogens with one attached hydrogen (secondary N) is 1. The summed E-state index contributed by atoms with van der Waals surface area (Å²) in [5.41, 5.74) is -0.951. The van der Waals surface area contributed by atoms with Crippen molar-refractivity contribution < 1.29 is 27.9 Å². The molecule has 1 amide bonds. The fourth-order valence-electron chi connectivity index (χ4n) is 2.69. The Morgan fingerprint density at radius 3 is 2.52 bits per heavy atom. The molecule has 8 nitrogen and oxygen atoms in total. The molecule has 0 aromatic rings. The van der Waals surface area contributed by atoms with Crippen molar-refractivity contribution in [1.29, 1.82) is 0 Å². The molecule has 2 N–H and O–H groups in total. The first-order chi connectivity index (χ1) is 10.6. The third-order valence-electron chi connectivity index (χ3n) is 4.39. The summed E-state index contributed by atoms with van der Waals surface area (Å²) in [6, 6.07) is 0.